The summed E-state index contributed by atoms with van der Waals surface area (Å²) in [6, 6.07) is 15.2. The molecule has 7 heteroatoms. The van der Waals surface area contributed by atoms with Crippen LogP contribution in [0.15, 0.2) is 59.5 Å². The molecule has 2 aromatic carbocycles. The molecule has 2 aromatic rings. The first-order valence-corrected chi connectivity index (χ1v) is 11.4. The van der Waals surface area contributed by atoms with Crippen molar-refractivity contribution in [1.82, 2.24) is 5.32 Å². The van der Waals surface area contributed by atoms with Crippen molar-refractivity contribution in [2.75, 3.05) is 11.5 Å². The van der Waals surface area contributed by atoms with E-state index in [9.17, 15) is 16.8 Å². The lowest BCUT2D eigenvalue weighted by Gasteiger charge is -2.20. The van der Waals surface area contributed by atoms with E-state index < -0.39 is 31.0 Å². The van der Waals surface area contributed by atoms with E-state index in [1.807, 2.05) is 31.2 Å². The van der Waals surface area contributed by atoms with Gasteiger partial charge in [0.1, 0.15) is 0 Å². The number of aryl methyl sites for hydroxylation is 1. The molecular weight excluding hydrogens is 358 g/mol. The predicted octanol–water partition coefficient (Wildman–Crippen LogP) is 1.72. The van der Waals surface area contributed by atoms with Crippen LogP contribution >= 0.6 is 0 Å². The molecule has 5 nitrogen and oxygen atoms in total. The maximum Gasteiger partial charge on any atom is 0.183 e. The van der Waals surface area contributed by atoms with Crippen molar-refractivity contribution in [3.8, 4) is 0 Å². The van der Waals surface area contributed by atoms with E-state index in [1.165, 1.54) is 12.1 Å². The van der Waals surface area contributed by atoms with Gasteiger partial charge in [0, 0.05) is 12.6 Å². The van der Waals surface area contributed by atoms with Crippen molar-refractivity contribution in [3.05, 3.63) is 65.7 Å². The van der Waals surface area contributed by atoms with E-state index in [4.69, 9.17) is 0 Å². The summed E-state index contributed by atoms with van der Waals surface area (Å²) >= 11 is 0. The van der Waals surface area contributed by atoms with Gasteiger partial charge in [-0.2, -0.15) is 0 Å². The van der Waals surface area contributed by atoms with Crippen LogP contribution in [0.25, 0.3) is 0 Å². The number of hydrogen-bond donors (Lipinski definition) is 1. The van der Waals surface area contributed by atoms with Crippen LogP contribution in [0.4, 0.5) is 0 Å². The average molecular weight is 380 g/mol. The quantitative estimate of drug-likeness (QED) is 0.856. The standard InChI is InChI=1S/C18H21NO4S2/c1-14-7-5-6-8-15(14)11-19-17-12-24(20,21)13-18(17)25(22,23)16-9-3-2-4-10-16/h2-10,17-19H,11-13H2,1H3/t17-,18-/m1/s1. The third-order valence-electron chi connectivity index (χ3n) is 4.59. The van der Waals surface area contributed by atoms with Crippen LogP contribution in [0.1, 0.15) is 11.1 Å². The van der Waals surface area contributed by atoms with Crippen molar-refractivity contribution in [1.29, 1.82) is 0 Å². The lowest BCUT2D eigenvalue weighted by Crippen LogP contribution is -2.43. The molecule has 1 aliphatic heterocycles. The zero-order chi connectivity index (χ0) is 18.1. The molecule has 1 aliphatic rings. The summed E-state index contributed by atoms with van der Waals surface area (Å²) in [4.78, 5) is 0.166. The third kappa shape index (κ3) is 3.94. The van der Waals surface area contributed by atoms with Gasteiger partial charge in [-0.15, -0.1) is 0 Å². The van der Waals surface area contributed by atoms with Gasteiger partial charge >= 0.3 is 0 Å². The molecule has 25 heavy (non-hydrogen) atoms. The Labute approximate surface area is 148 Å². The van der Waals surface area contributed by atoms with Crippen molar-refractivity contribution in [2.24, 2.45) is 0 Å². The van der Waals surface area contributed by atoms with Crippen LogP contribution in [-0.4, -0.2) is 39.6 Å². The molecule has 0 aliphatic carbocycles. The minimum absolute atomic E-state index is 0.157. The fraction of sp³-hybridized carbons (Fsp3) is 0.333. The summed E-state index contributed by atoms with van der Waals surface area (Å²) in [5, 5.41) is 2.19. The van der Waals surface area contributed by atoms with E-state index in [2.05, 4.69) is 5.32 Å². The van der Waals surface area contributed by atoms with Gasteiger partial charge in [0.15, 0.2) is 19.7 Å². The molecule has 2 atom stereocenters. The van der Waals surface area contributed by atoms with Gasteiger partial charge in [0.2, 0.25) is 0 Å². The van der Waals surface area contributed by atoms with Gasteiger partial charge in [-0.25, -0.2) is 16.8 Å². The highest BCUT2D eigenvalue weighted by atomic mass is 32.2. The molecule has 0 amide bonds. The van der Waals surface area contributed by atoms with Crippen molar-refractivity contribution in [3.63, 3.8) is 0 Å². The Balaban J connectivity index is 1.86. The monoisotopic (exact) mass is 379 g/mol. The SMILES string of the molecule is Cc1ccccc1CN[C@@H]1CS(=O)(=O)C[C@H]1S(=O)(=O)c1ccccc1. The number of rotatable bonds is 5. The normalized spacial score (nSPS) is 22.8. The maximum absolute atomic E-state index is 12.9. The fourth-order valence-corrected chi connectivity index (χ4v) is 7.88. The maximum atomic E-state index is 12.9. The predicted molar refractivity (Wildman–Crippen MR) is 97.9 cm³/mol. The Hall–Kier alpha value is -1.70. The second-order valence-corrected chi connectivity index (χ2v) is 10.7. The zero-order valence-electron chi connectivity index (χ0n) is 13.9. The smallest absolute Gasteiger partial charge is 0.183 e. The van der Waals surface area contributed by atoms with E-state index in [-0.39, 0.29) is 16.4 Å². The van der Waals surface area contributed by atoms with Crippen molar-refractivity contribution < 1.29 is 16.8 Å². The highest BCUT2D eigenvalue weighted by Gasteiger charge is 2.45. The molecule has 0 spiro atoms. The molecule has 0 aromatic heterocycles. The van der Waals surface area contributed by atoms with Crippen LogP contribution in [0.5, 0.6) is 0 Å². The second-order valence-electron chi connectivity index (χ2n) is 6.39. The molecule has 134 valence electrons. The first-order chi connectivity index (χ1) is 11.8. The summed E-state index contributed by atoms with van der Waals surface area (Å²) in [6.07, 6.45) is 0. The highest BCUT2D eigenvalue weighted by Crippen LogP contribution is 2.26. The van der Waals surface area contributed by atoms with E-state index in [0.717, 1.165) is 11.1 Å². The average Bonchev–Trinajstić information content (AvgIpc) is 2.90. The molecular formula is C18H21NO4S2. The summed E-state index contributed by atoms with van der Waals surface area (Å²) in [6.45, 7) is 2.41. The topological polar surface area (TPSA) is 80.3 Å². The van der Waals surface area contributed by atoms with Crippen LogP contribution in [0.3, 0.4) is 0 Å². The summed E-state index contributed by atoms with van der Waals surface area (Å²) < 4.78 is 50.0. The summed E-state index contributed by atoms with van der Waals surface area (Å²) in [5.74, 6) is -0.495. The van der Waals surface area contributed by atoms with Gasteiger partial charge in [-0.05, 0) is 30.2 Å². The zero-order valence-corrected chi connectivity index (χ0v) is 15.6. The van der Waals surface area contributed by atoms with Crippen LogP contribution < -0.4 is 5.32 Å². The van der Waals surface area contributed by atoms with Crippen molar-refractivity contribution in [2.45, 2.75) is 29.7 Å². The first-order valence-electron chi connectivity index (χ1n) is 8.07. The Morgan fingerprint density at radius 3 is 2.32 bits per heavy atom. The Bertz CT molecular complexity index is 954. The Kier molecular flexibility index (Phi) is 4.99. The molecule has 1 fully saturated rings. The number of nitrogens with one attached hydrogen (secondary N) is 1. The van der Waals surface area contributed by atoms with E-state index >= 15 is 0 Å². The Morgan fingerprint density at radius 1 is 1.00 bits per heavy atom. The number of hydrogen-bond acceptors (Lipinski definition) is 5. The largest absolute Gasteiger partial charge is 0.308 e. The van der Waals surface area contributed by atoms with Gasteiger partial charge in [0.05, 0.1) is 21.7 Å². The van der Waals surface area contributed by atoms with Crippen LogP contribution in [-0.2, 0) is 26.2 Å². The number of benzene rings is 2. The fourth-order valence-electron chi connectivity index (χ4n) is 3.15. The summed E-state index contributed by atoms with van der Waals surface area (Å²) in [7, 11) is -7.11. The minimum atomic E-state index is -3.72. The molecule has 0 saturated carbocycles. The molecule has 1 N–H and O–H groups in total. The lowest BCUT2D eigenvalue weighted by molar-refractivity contribution is 0.525. The molecule has 0 bridgehead atoms. The van der Waals surface area contributed by atoms with E-state index in [0.29, 0.717) is 6.54 Å². The van der Waals surface area contributed by atoms with E-state index in [1.54, 1.807) is 18.2 Å². The van der Waals surface area contributed by atoms with Crippen LogP contribution in [0.2, 0.25) is 0 Å². The Morgan fingerprint density at radius 2 is 1.64 bits per heavy atom. The summed E-state index contributed by atoms with van der Waals surface area (Å²) in [5.41, 5.74) is 2.11. The molecule has 1 saturated heterocycles. The van der Waals surface area contributed by atoms with Gasteiger partial charge < -0.3 is 5.32 Å². The molecule has 0 radical (unpaired) electrons. The first kappa shape index (κ1) is 18.1. The third-order valence-corrected chi connectivity index (χ3v) is 8.75. The second kappa shape index (κ2) is 6.90. The minimum Gasteiger partial charge on any atom is -0.308 e. The molecule has 1 heterocycles. The lowest BCUT2D eigenvalue weighted by atomic mass is 10.1. The van der Waals surface area contributed by atoms with Crippen molar-refractivity contribution >= 4 is 19.7 Å². The van der Waals surface area contributed by atoms with Gasteiger partial charge in [-0.3, -0.25) is 0 Å². The highest BCUT2D eigenvalue weighted by molar-refractivity contribution is 7.96. The molecule has 3 rings (SSSR count). The molecule has 0 unspecified atom stereocenters. The van der Waals surface area contributed by atoms with Gasteiger partial charge in [0.25, 0.3) is 0 Å². The number of sulfone groups is 2. The van der Waals surface area contributed by atoms with Crippen LogP contribution in [0, 0.1) is 6.92 Å². The van der Waals surface area contributed by atoms with Gasteiger partial charge in [-0.1, -0.05) is 42.5 Å².